The fourth-order valence-corrected chi connectivity index (χ4v) is 4.32. The Hall–Kier alpha value is -2.33. The molecule has 1 unspecified atom stereocenters. The van der Waals surface area contributed by atoms with E-state index in [2.05, 4.69) is 47.1 Å². The van der Waals surface area contributed by atoms with Crippen LogP contribution in [-0.2, 0) is 6.42 Å². The fraction of sp³-hybridized carbons (Fsp3) is 0.409. The van der Waals surface area contributed by atoms with Crippen molar-refractivity contribution in [3.05, 3.63) is 70.6 Å². The van der Waals surface area contributed by atoms with Crippen LogP contribution in [0.5, 0.6) is 0 Å². The molecule has 1 aliphatic heterocycles. The van der Waals surface area contributed by atoms with Crippen molar-refractivity contribution in [2.24, 2.45) is 5.92 Å². The summed E-state index contributed by atoms with van der Waals surface area (Å²) in [4.78, 5) is 17.9. The molecule has 0 amide bonds. The van der Waals surface area contributed by atoms with Crippen LogP contribution in [0.3, 0.4) is 0 Å². The number of fused-ring (bicyclic) bond motifs is 1. The number of hydrogen-bond donors (Lipinski definition) is 1. The zero-order valence-electron chi connectivity index (χ0n) is 15.4. The Morgan fingerprint density at radius 1 is 1.04 bits per heavy atom. The Kier molecular flexibility index (Phi) is 4.93. The third-order valence-electron chi connectivity index (χ3n) is 5.54. The van der Waals surface area contributed by atoms with Gasteiger partial charge in [-0.3, -0.25) is 4.57 Å². The predicted molar refractivity (Wildman–Crippen MR) is 107 cm³/mol. The van der Waals surface area contributed by atoms with Crippen molar-refractivity contribution in [1.29, 1.82) is 0 Å². The number of rotatable bonds is 5. The lowest BCUT2D eigenvalue weighted by Gasteiger charge is -2.34. The quantitative estimate of drug-likeness (QED) is 0.760. The summed E-state index contributed by atoms with van der Waals surface area (Å²) in [6.45, 7) is 5.60. The fourth-order valence-electron chi connectivity index (χ4n) is 4.32. The number of likely N-dealkylation sites (tertiary alicyclic amines) is 1. The van der Waals surface area contributed by atoms with Gasteiger partial charge in [0.05, 0.1) is 11.0 Å². The number of nitrogens with zero attached hydrogens (tertiary/aromatic N) is 2. The topological polar surface area (TPSA) is 41.0 Å². The lowest BCUT2D eigenvalue weighted by atomic mass is 9.98. The number of aromatic nitrogens is 2. The van der Waals surface area contributed by atoms with Crippen molar-refractivity contribution in [3.8, 4) is 0 Å². The van der Waals surface area contributed by atoms with Crippen molar-refractivity contribution in [2.75, 3.05) is 19.6 Å². The summed E-state index contributed by atoms with van der Waals surface area (Å²) in [6.07, 6.45) is 3.21. The molecule has 1 fully saturated rings. The van der Waals surface area contributed by atoms with E-state index in [1.807, 2.05) is 28.8 Å². The van der Waals surface area contributed by atoms with E-state index < -0.39 is 0 Å². The number of nitrogens with one attached hydrogen (secondary N) is 1. The highest BCUT2D eigenvalue weighted by molar-refractivity contribution is 5.75. The number of para-hydroxylation sites is 2. The normalized spacial score (nSPS) is 17.6. The van der Waals surface area contributed by atoms with Crippen LogP contribution in [0.1, 0.15) is 31.4 Å². The van der Waals surface area contributed by atoms with Crippen molar-refractivity contribution in [3.63, 3.8) is 0 Å². The average Bonchev–Trinajstić information content (AvgIpc) is 2.99. The van der Waals surface area contributed by atoms with Crippen molar-refractivity contribution in [2.45, 2.75) is 32.2 Å². The van der Waals surface area contributed by atoms with E-state index in [1.54, 1.807) is 0 Å². The molecule has 4 heteroatoms. The molecule has 0 spiro atoms. The standard InChI is InChI=1S/C22H27N3O/c1-17(15-18-7-3-2-4-8-18)16-24-13-11-19(12-14-24)25-21-10-6-5-9-20(21)23-22(25)26/h2-10,17,19H,11-16H2,1H3,(H,23,26). The minimum atomic E-state index is 0.0297. The maximum absolute atomic E-state index is 12.4. The molecule has 2 aromatic carbocycles. The van der Waals surface area contributed by atoms with Gasteiger partial charge in [-0.05, 0) is 42.9 Å². The summed E-state index contributed by atoms with van der Waals surface area (Å²) >= 11 is 0. The Morgan fingerprint density at radius 2 is 1.73 bits per heavy atom. The van der Waals surface area contributed by atoms with Crippen LogP contribution in [0.4, 0.5) is 0 Å². The molecule has 0 saturated carbocycles. The highest BCUT2D eigenvalue weighted by Crippen LogP contribution is 2.25. The molecular formula is C22H27N3O. The first-order valence-corrected chi connectivity index (χ1v) is 9.66. The van der Waals surface area contributed by atoms with E-state index in [4.69, 9.17) is 0 Å². The van der Waals surface area contributed by atoms with Gasteiger partial charge in [0.2, 0.25) is 0 Å². The van der Waals surface area contributed by atoms with Crippen LogP contribution >= 0.6 is 0 Å². The monoisotopic (exact) mass is 349 g/mol. The second kappa shape index (κ2) is 7.50. The summed E-state index contributed by atoms with van der Waals surface area (Å²) in [5, 5.41) is 0. The van der Waals surface area contributed by atoms with Crippen LogP contribution < -0.4 is 5.69 Å². The maximum atomic E-state index is 12.4. The third-order valence-corrected chi connectivity index (χ3v) is 5.54. The van der Waals surface area contributed by atoms with Gasteiger partial charge in [-0.1, -0.05) is 49.4 Å². The summed E-state index contributed by atoms with van der Waals surface area (Å²) in [5.41, 5.74) is 3.42. The molecule has 3 aromatic rings. The van der Waals surface area contributed by atoms with Crippen LogP contribution in [0.15, 0.2) is 59.4 Å². The van der Waals surface area contributed by atoms with E-state index in [1.165, 1.54) is 5.56 Å². The van der Waals surface area contributed by atoms with Gasteiger partial charge < -0.3 is 9.88 Å². The van der Waals surface area contributed by atoms with Crippen molar-refractivity contribution < 1.29 is 0 Å². The number of hydrogen-bond acceptors (Lipinski definition) is 2. The van der Waals surface area contributed by atoms with Gasteiger partial charge in [-0.25, -0.2) is 4.79 Å². The number of H-pyrrole nitrogens is 1. The van der Waals surface area contributed by atoms with Crippen LogP contribution in [-0.4, -0.2) is 34.1 Å². The summed E-state index contributed by atoms with van der Waals surface area (Å²) in [5.74, 6) is 0.643. The zero-order valence-corrected chi connectivity index (χ0v) is 15.4. The molecule has 1 N–H and O–H groups in total. The van der Waals surface area contributed by atoms with Gasteiger partial charge in [-0.15, -0.1) is 0 Å². The van der Waals surface area contributed by atoms with Gasteiger partial charge in [0.25, 0.3) is 0 Å². The van der Waals surface area contributed by atoms with Gasteiger partial charge in [-0.2, -0.15) is 0 Å². The molecular weight excluding hydrogens is 322 g/mol. The molecule has 26 heavy (non-hydrogen) atoms. The van der Waals surface area contributed by atoms with Gasteiger partial charge in [0, 0.05) is 25.7 Å². The Balaban J connectivity index is 1.36. The Morgan fingerprint density at radius 3 is 2.50 bits per heavy atom. The van der Waals surface area contributed by atoms with Crippen molar-refractivity contribution >= 4 is 11.0 Å². The molecule has 1 atom stereocenters. The van der Waals surface area contributed by atoms with Crippen LogP contribution in [0, 0.1) is 5.92 Å². The summed E-state index contributed by atoms with van der Waals surface area (Å²) in [7, 11) is 0. The van der Waals surface area contributed by atoms with Crippen LogP contribution in [0.2, 0.25) is 0 Å². The van der Waals surface area contributed by atoms with Gasteiger partial charge in [0.1, 0.15) is 0 Å². The predicted octanol–water partition coefficient (Wildman–Crippen LogP) is 3.85. The molecule has 4 rings (SSSR count). The highest BCUT2D eigenvalue weighted by Gasteiger charge is 2.24. The number of aromatic amines is 1. The number of imidazole rings is 1. The van der Waals surface area contributed by atoms with E-state index in [0.717, 1.165) is 49.9 Å². The molecule has 0 aliphatic carbocycles. The number of piperidine rings is 1. The second-order valence-corrected chi connectivity index (χ2v) is 7.64. The molecule has 1 saturated heterocycles. The molecule has 1 aliphatic rings. The molecule has 1 aromatic heterocycles. The largest absolute Gasteiger partial charge is 0.326 e. The molecule has 2 heterocycles. The van der Waals surface area contributed by atoms with Crippen LogP contribution in [0.25, 0.3) is 11.0 Å². The maximum Gasteiger partial charge on any atom is 0.326 e. The summed E-state index contributed by atoms with van der Waals surface area (Å²) in [6, 6.07) is 19.0. The minimum absolute atomic E-state index is 0.0297. The first-order chi connectivity index (χ1) is 12.7. The Bertz CT molecular complexity index is 904. The summed E-state index contributed by atoms with van der Waals surface area (Å²) < 4.78 is 1.97. The lowest BCUT2D eigenvalue weighted by molar-refractivity contribution is 0.166. The van der Waals surface area contributed by atoms with Gasteiger partial charge in [0.15, 0.2) is 0 Å². The van der Waals surface area contributed by atoms with E-state index in [9.17, 15) is 4.79 Å². The second-order valence-electron chi connectivity index (χ2n) is 7.64. The first kappa shape index (κ1) is 17.1. The lowest BCUT2D eigenvalue weighted by Crippen LogP contribution is -2.39. The third kappa shape index (κ3) is 3.61. The van der Waals surface area contributed by atoms with Gasteiger partial charge >= 0.3 is 5.69 Å². The molecule has 136 valence electrons. The molecule has 0 radical (unpaired) electrons. The van der Waals surface area contributed by atoms with E-state index >= 15 is 0 Å². The SMILES string of the molecule is CC(Cc1ccccc1)CN1CCC(n2c(=O)[nH]c3ccccc32)CC1. The Labute approximate surface area is 154 Å². The average molecular weight is 349 g/mol. The number of benzene rings is 2. The minimum Gasteiger partial charge on any atom is -0.306 e. The molecule has 4 nitrogen and oxygen atoms in total. The molecule has 0 bridgehead atoms. The van der Waals surface area contributed by atoms with Crippen molar-refractivity contribution in [1.82, 2.24) is 14.5 Å². The van der Waals surface area contributed by atoms with E-state index in [0.29, 0.717) is 12.0 Å². The zero-order chi connectivity index (χ0) is 17.9. The first-order valence-electron chi connectivity index (χ1n) is 9.66. The van der Waals surface area contributed by atoms with E-state index in [-0.39, 0.29) is 5.69 Å². The smallest absolute Gasteiger partial charge is 0.306 e. The highest BCUT2D eigenvalue weighted by atomic mass is 16.1.